The number of ether oxygens (including phenoxy) is 1. The molecule has 0 aliphatic rings. The predicted octanol–water partition coefficient (Wildman–Crippen LogP) is 6.76. The number of thiophene rings is 1. The third kappa shape index (κ3) is 4.78. The van der Waals surface area contributed by atoms with Gasteiger partial charge in [-0.15, -0.1) is 11.3 Å². The van der Waals surface area contributed by atoms with E-state index in [0.717, 1.165) is 13.0 Å². The topological polar surface area (TPSA) is 79.2 Å². The molecular formula is C18H10F16N2O3S. The second-order valence-corrected chi connectivity index (χ2v) is 8.44. The first kappa shape index (κ1) is 35.0. The molecule has 0 aromatic carbocycles. The highest BCUT2D eigenvalue weighted by molar-refractivity contribution is 7.18. The average Bonchev–Trinajstić information content (AvgIpc) is 3.12. The number of hydrogen-bond acceptors (Lipinski definition) is 5. The molecule has 0 saturated heterocycles. The van der Waals surface area contributed by atoms with Crippen LogP contribution in [-0.2, 0) is 9.53 Å². The molecule has 0 spiro atoms. The van der Waals surface area contributed by atoms with Crippen molar-refractivity contribution in [1.29, 1.82) is 5.26 Å². The highest BCUT2D eigenvalue weighted by Crippen LogP contribution is 2.62. The number of nitrogens with zero attached hydrogens (tertiary/aromatic N) is 1. The second-order valence-electron chi connectivity index (χ2n) is 7.42. The van der Waals surface area contributed by atoms with Crippen LogP contribution < -0.4 is 5.32 Å². The summed E-state index contributed by atoms with van der Waals surface area (Å²) < 4.78 is 219. The normalized spacial score (nSPS) is 14.2. The maximum Gasteiger partial charge on any atom is 0.393 e. The van der Waals surface area contributed by atoms with E-state index in [0.29, 0.717) is 5.32 Å². The molecule has 5 nitrogen and oxygen atoms in total. The second kappa shape index (κ2) is 10.4. The first-order valence-corrected chi connectivity index (χ1v) is 10.4. The number of halogens is 16. The van der Waals surface area contributed by atoms with Gasteiger partial charge in [-0.25, -0.2) is 13.6 Å². The van der Waals surface area contributed by atoms with E-state index in [1.165, 1.54) is 6.92 Å². The van der Waals surface area contributed by atoms with E-state index in [1.54, 1.807) is 0 Å². The molecule has 22 heteroatoms. The first-order chi connectivity index (χ1) is 17.7. The fraction of sp³-hybridized carbons (Fsp3) is 0.611. The Bertz CT molecular complexity index is 1190. The Balaban J connectivity index is 3.62. The van der Waals surface area contributed by atoms with Crippen molar-refractivity contribution in [1.82, 2.24) is 0 Å². The Hall–Kier alpha value is -2.99. The summed E-state index contributed by atoms with van der Waals surface area (Å²) in [7, 11) is 0. The number of hydrogen-bond donors (Lipinski definition) is 1. The minimum atomic E-state index is -8.66. The van der Waals surface area contributed by atoms with Crippen molar-refractivity contribution < 1.29 is 84.6 Å². The van der Waals surface area contributed by atoms with Gasteiger partial charge in [0.05, 0.1) is 12.2 Å². The van der Waals surface area contributed by atoms with E-state index in [4.69, 9.17) is 5.26 Å². The molecule has 1 heterocycles. The molecule has 0 radical (unpaired) electrons. The standard InChI is InChI=1S/C18H10F16N2O3S/c1-3-39-9(37)7-5(2)6(4-35)8(40-7)36-11(38)13(23,24)15(27,28)17(31,32)18(33,34)16(29,30)14(25,26)12(21,22)10(19)20/h10H,3H2,1-2H3,(H,36,38). The van der Waals surface area contributed by atoms with Crippen molar-refractivity contribution in [2.24, 2.45) is 0 Å². The van der Waals surface area contributed by atoms with Gasteiger partial charge in [-0.05, 0) is 19.4 Å². The van der Waals surface area contributed by atoms with Gasteiger partial charge in [0.15, 0.2) is 0 Å². The SMILES string of the molecule is CCOC(=O)c1sc(NC(=O)C(F)(F)C(F)(F)C(F)(F)C(F)(F)C(F)(F)C(F)(F)C(F)(F)C(F)F)c(C#N)c1C. The third-order valence-corrected chi connectivity index (χ3v) is 6.08. The van der Waals surface area contributed by atoms with E-state index in [9.17, 15) is 79.8 Å². The lowest BCUT2D eigenvalue weighted by Crippen LogP contribution is -2.74. The lowest BCUT2D eigenvalue weighted by molar-refractivity contribution is -0.443. The summed E-state index contributed by atoms with van der Waals surface area (Å²) in [5.74, 6) is -62.1. The first-order valence-electron chi connectivity index (χ1n) is 9.61. The molecular weight excluding hydrogens is 628 g/mol. The monoisotopic (exact) mass is 638 g/mol. The summed E-state index contributed by atoms with van der Waals surface area (Å²) in [5, 5.41) is 8.42. The van der Waals surface area contributed by atoms with Gasteiger partial charge < -0.3 is 10.1 Å². The molecule has 0 bridgehead atoms. The molecule has 1 N–H and O–H groups in total. The van der Waals surface area contributed by atoms with Crippen molar-refractivity contribution in [3.63, 3.8) is 0 Å². The number of esters is 1. The number of carbonyl (C=O) groups is 2. The van der Waals surface area contributed by atoms with Crippen LogP contribution in [0.1, 0.15) is 27.7 Å². The molecule has 0 fully saturated rings. The van der Waals surface area contributed by atoms with Crippen LogP contribution in [0.2, 0.25) is 0 Å². The molecule has 0 aliphatic heterocycles. The van der Waals surface area contributed by atoms with Gasteiger partial charge in [0.25, 0.3) is 0 Å². The van der Waals surface area contributed by atoms with Crippen LogP contribution in [0.4, 0.5) is 75.2 Å². The molecule has 40 heavy (non-hydrogen) atoms. The number of rotatable bonds is 11. The number of amides is 1. The minimum Gasteiger partial charge on any atom is -0.462 e. The molecule has 0 atom stereocenters. The molecule has 228 valence electrons. The van der Waals surface area contributed by atoms with Crippen LogP contribution in [0, 0.1) is 18.3 Å². The number of carbonyl (C=O) groups excluding carboxylic acids is 2. The summed E-state index contributed by atoms with van der Waals surface area (Å²) in [6.07, 6.45) is -5.98. The quantitative estimate of drug-likeness (QED) is 0.215. The van der Waals surface area contributed by atoms with Crippen molar-refractivity contribution in [3.05, 3.63) is 16.0 Å². The van der Waals surface area contributed by atoms with Crippen LogP contribution in [0.3, 0.4) is 0 Å². The van der Waals surface area contributed by atoms with E-state index < -0.39 is 80.8 Å². The minimum absolute atomic E-state index is 0.177. The Labute approximate surface area is 214 Å². The van der Waals surface area contributed by atoms with Crippen LogP contribution in [-0.4, -0.2) is 66.4 Å². The van der Waals surface area contributed by atoms with E-state index in [-0.39, 0.29) is 17.9 Å². The Kier molecular flexibility index (Phi) is 9.15. The lowest BCUT2D eigenvalue weighted by Gasteiger charge is -2.42. The van der Waals surface area contributed by atoms with Crippen molar-refractivity contribution in [3.8, 4) is 6.07 Å². The van der Waals surface area contributed by atoms with Crippen LogP contribution in [0.25, 0.3) is 0 Å². The molecule has 1 amide bonds. The van der Waals surface area contributed by atoms with Crippen LogP contribution in [0.15, 0.2) is 0 Å². The largest absolute Gasteiger partial charge is 0.462 e. The fourth-order valence-corrected chi connectivity index (χ4v) is 3.63. The van der Waals surface area contributed by atoms with Gasteiger partial charge >= 0.3 is 59.8 Å². The predicted molar refractivity (Wildman–Crippen MR) is 99.0 cm³/mol. The van der Waals surface area contributed by atoms with Gasteiger partial charge in [-0.1, -0.05) is 0 Å². The van der Waals surface area contributed by atoms with Crippen molar-refractivity contribution >= 4 is 28.2 Å². The van der Waals surface area contributed by atoms with Gasteiger partial charge in [0.2, 0.25) is 0 Å². The number of anilines is 1. The maximum absolute atomic E-state index is 14.1. The van der Waals surface area contributed by atoms with Crippen molar-refractivity contribution in [2.75, 3.05) is 11.9 Å². The smallest absolute Gasteiger partial charge is 0.393 e. The maximum atomic E-state index is 14.1. The summed E-state index contributed by atoms with van der Waals surface area (Å²) in [6.45, 7) is 1.82. The Morgan fingerprint density at radius 2 is 1.27 bits per heavy atom. The summed E-state index contributed by atoms with van der Waals surface area (Å²) >= 11 is -0.177. The van der Waals surface area contributed by atoms with Gasteiger partial charge in [0, 0.05) is 0 Å². The third-order valence-electron chi connectivity index (χ3n) is 4.90. The Morgan fingerprint density at radius 1 is 0.850 bits per heavy atom. The van der Waals surface area contributed by atoms with Crippen LogP contribution >= 0.6 is 11.3 Å². The van der Waals surface area contributed by atoms with Gasteiger partial charge in [-0.2, -0.15) is 66.7 Å². The number of nitrogens with one attached hydrogen (secondary N) is 1. The van der Waals surface area contributed by atoms with Gasteiger partial charge in [0.1, 0.15) is 15.9 Å². The highest BCUT2D eigenvalue weighted by Gasteiger charge is 2.94. The molecule has 0 saturated carbocycles. The zero-order valence-corrected chi connectivity index (χ0v) is 19.7. The molecule has 1 rings (SSSR count). The zero-order chi connectivity index (χ0) is 32.1. The zero-order valence-electron chi connectivity index (χ0n) is 18.9. The van der Waals surface area contributed by atoms with E-state index in [2.05, 4.69) is 4.74 Å². The summed E-state index contributed by atoms with van der Waals surface area (Å²) in [4.78, 5) is 22.9. The Morgan fingerprint density at radius 3 is 1.68 bits per heavy atom. The van der Waals surface area contributed by atoms with E-state index >= 15 is 0 Å². The molecule has 0 aliphatic carbocycles. The molecule has 0 unspecified atom stereocenters. The van der Waals surface area contributed by atoms with Gasteiger partial charge in [-0.3, -0.25) is 4.79 Å². The lowest BCUT2D eigenvalue weighted by atomic mass is 9.89. The number of alkyl halides is 16. The number of nitriles is 1. The summed E-state index contributed by atoms with van der Waals surface area (Å²) in [6, 6.07) is 1.16. The fourth-order valence-electron chi connectivity index (χ4n) is 2.59. The summed E-state index contributed by atoms with van der Waals surface area (Å²) in [5.41, 5.74) is -1.45. The molecule has 1 aromatic heterocycles. The average molecular weight is 638 g/mol. The highest BCUT2D eigenvalue weighted by atomic mass is 32.1. The van der Waals surface area contributed by atoms with Crippen LogP contribution in [0.5, 0.6) is 0 Å². The van der Waals surface area contributed by atoms with E-state index in [1.807, 2.05) is 0 Å². The van der Waals surface area contributed by atoms with Crippen molar-refractivity contribution in [2.45, 2.75) is 61.7 Å². The molecule has 1 aromatic rings.